The standard InChI is InChI=1S/C14H29N3/c1-13(12-14-6-3-4-7-15-14)17-9-5-8-16(2)10-11-17/h13-15H,3-12H2,1-2H3. The lowest BCUT2D eigenvalue weighted by Gasteiger charge is -2.32. The Hall–Kier alpha value is -0.120. The first kappa shape index (κ1) is 13.3. The summed E-state index contributed by atoms with van der Waals surface area (Å²) in [5.74, 6) is 0. The number of hydrogen-bond donors (Lipinski definition) is 1. The van der Waals surface area contributed by atoms with Crippen molar-refractivity contribution in [1.82, 2.24) is 15.1 Å². The van der Waals surface area contributed by atoms with E-state index in [2.05, 4.69) is 29.1 Å². The van der Waals surface area contributed by atoms with Crippen molar-refractivity contribution < 1.29 is 0 Å². The summed E-state index contributed by atoms with van der Waals surface area (Å²) in [7, 11) is 2.25. The molecule has 2 atom stereocenters. The molecule has 0 saturated carbocycles. The molecule has 0 aromatic rings. The molecular weight excluding hydrogens is 210 g/mol. The van der Waals surface area contributed by atoms with Gasteiger partial charge in [0, 0.05) is 25.2 Å². The van der Waals surface area contributed by atoms with Gasteiger partial charge < -0.3 is 10.2 Å². The van der Waals surface area contributed by atoms with E-state index >= 15 is 0 Å². The van der Waals surface area contributed by atoms with Crippen molar-refractivity contribution in [3.63, 3.8) is 0 Å². The lowest BCUT2D eigenvalue weighted by atomic mass is 9.98. The highest BCUT2D eigenvalue weighted by Crippen LogP contribution is 2.16. The molecule has 2 fully saturated rings. The maximum absolute atomic E-state index is 3.68. The maximum atomic E-state index is 3.68. The van der Waals surface area contributed by atoms with Crippen molar-refractivity contribution in [3.05, 3.63) is 0 Å². The van der Waals surface area contributed by atoms with Gasteiger partial charge in [-0.15, -0.1) is 0 Å². The summed E-state index contributed by atoms with van der Waals surface area (Å²) in [4.78, 5) is 5.16. The third kappa shape index (κ3) is 4.23. The van der Waals surface area contributed by atoms with E-state index in [-0.39, 0.29) is 0 Å². The van der Waals surface area contributed by atoms with Crippen molar-refractivity contribution in [2.24, 2.45) is 0 Å². The van der Waals surface area contributed by atoms with E-state index in [1.54, 1.807) is 0 Å². The minimum atomic E-state index is 0.747. The smallest absolute Gasteiger partial charge is 0.0112 e. The summed E-state index contributed by atoms with van der Waals surface area (Å²) < 4.78 is 0. The highest BCUT2D eigenvalue weighted by Gasteiger charge is 2.21. The van der Waals surface area contributed by atoms with Crippen molar-refractivity contribution >= 4 is 0 Å². The predicted molar refractivity (Wildman–Crippen MR) is 73.4 cm³/mol. The summed E-state index contributed by atoms with van der Waals surface area (Å²) >= 11 is 0. The number of rotatable bonds is 3. The van der Waals surface area contributed by atoms with Gasteiger partial charge in [-0.1, -0.05) is 6.42 Å². The number of hydrogen-bond acceptors (Lipinski definition) is 3. The Kier molecular flexibility index (Phi) is 5.26. The molecule has 0 aliphatic carbocycles. The largest absolute Gasteiger partial charge is 0.314 e. The lowest BCUT2D eigenvalue weighted by molar-refractivity contribution is 0.185. The molecule has 2 rings (SSSR count). The minimum Gasteiger partial charge on any atom is -0.314 e. The highest BCUT2D eigenvalue weighted by molar-refractivity contribution is 4.80. The van der Waals surface area contributed by atoms with E-state index in [4.69, 9.17) is 0 Å². The fourth-order valence-corrected chi connectivity index (χ4v) is 3.19. The first-order chi connectivity index (χ1) is 8.25. The number of nitrogens with one attached hydrogen (secondary N) is 1. The fraction of sp³-hybridized carbons (Fsp3) is 1.00. The van der Waals surface area contributed by atoms with Crippen LogP contribution in [0.1, 0.15) is 39.0 Å². The van der Waals surface area contributed by atoms with Crippen LogP contribution in [0.25, 0.3) is 0 Å². The average Bonchev–Trinajstić information content (AvgIpc) is 2.55. The van der Waals surface area contributed by atoms with Gasteiger partial charge in [-0.2, -0.15) is 0 Å². The number of likely N-dealkylation sites (N-methyl/N-ethyl adjacent to an activating group) is 1. The van der Waals surface area contributed by atoms with Gasteiger partial charge in [-0.05, 0) is 59.3 Å². The Balaban J connectivity index is 1.75. The van der Waals surface area contributed by atoms with Crippen LogP contribution in [0.5, 0.6) is 0 Å². The van der Waals surface area contributed by atoms with E-state index < -0.39 is 0 Å². The average molecular weight is 239 g/mol. The molecular formula is C14H29N3. The summed E-state index contributed by atoms with van der Waals surface area (Å²) in [6.45, 7) is 8.71. The van der Waals surface area contributed by atoms with Crippen molar-refractivity contribution in [2.75, 3.05) is 39.8 Å². The van der Waals surface area contributed by atoms with Gasteiger partial charge in [0.1, 0.15) is 0 Å². The fourth-order valence-electron chi connectivity index (χ4n) is 3.19. The second-order valence-corrected chi connectivity index (χ2v) is 5.92. The monoisotopic (exact) mass is 239 g/mol. The van der Waals surface area contributed by atoms with Crippen molar-refractivity contribution in [2.45, 2.75) is 51.1 Å². The van der Waals surface area contributed by atoms with Crippen LogP contribution >= 0.6 is 0 Å². The molecule has 2 heterocycles. The summed E-state index contributed by atoms with van der Waals surface area (Å²) in [6.07, 6.45) is 6.85. The second-order valence-electron chi connectivity index (χ2n) is 5.92. The van der Waals surface area contributed by atoms with Crippen LogP contribution < -0.4 is 5.32 Å². The molecule has 0 spiro atoms. The van der Waals surface area contributed by atoms with Crippen LogP contribution in [0.4, 0.5) is 0 Å². The molecule has 2 aliphatic heterocycles. The molecule has 100 valence electrons. The van der Waals surface area contributed by atoms with Gasteiger partial charge in [0.2, 0.25) is 0 Å². The molecule has 2 aliphatic rings. The molecule has 17 heavy (non-hydrogen) atoms. The molecule has 3 nitrogen and oxygen atoms in total. The number of nitrogens with zero attached hydrogens (tertiary/aromatic N) is 2. The third-order valence-electron chi connectivity index (χ3n) is 4.42. The van der Waals surface area contributed by atoms with E-state index in [1.807, 2.05) is 0 Å². The zero-order chi connectivity index (χ0) is 12.1. The van der Waals surface area contributed by atoms with Gasteiger partial charge in [-0.25, -0.2) is 0 Å². The Morgan fingerprint density at radius 2 is 2.00 bits per heavy atom. The summed E-state index contributed by atoms with van der Waals surface area (Å²) in [6, 6.07) is 1.52. The van der Waals surface area contributed by atoms with Crippen molar-refractivity contribution in [3.8, 4) is 0 Å². The van der Waals surface area contributed by atoms with Gasteiger partial charge in [0.05, 0.1) is 0 Å². The lowest BCUT2D eigenvalue weighted by Crippen LogP contribution is -2.43. The molecule has 3 heteroatoms. The zero-order valence-corrected chi connectivity index (χ0v) is 11.6. The third-order valence-corrected chi connectivity index (χ3v) is 4.42. The molecule has 0 aromatic heterocycles. The maximum Gasteiger partial charge on any atom is 0.0112 e. The Morgan fingerprint density at radius 1 is 1.12 bits per heavy atom. The second kappa shape index (κ2) is 6.72. The van der Waals surface area contributed by atoms with E-state index in [0.29, 0.717) is 0 Å². The Bertz CT molecular complexity index is 214. The molecule has 2 unspecified atom stereocenters. The quantitative estimate of drug-likeness (QED) is 0.806. The minimum absolute atomic E-state index is 0.747. The van der Waals surface area contributed by atoms with Crippen LogP contribution in [0.2, 0.25) is 0 Å². The molecule has 0 bridgehead atoms. The normalized spacial score (nSPS) is 31.1. The SMILES string of the molecule is CC(CC1CCCCN1)N1CCCN(C)CC1. The Morgan fingerprint density at radius 3 is 2.76 bits per heavy atom. The highest BCUT2D eigenvalue weighted by atomic mass is 15.2. The van der Waals surface area contributed by atoms with Crippen LogP contribution in [0.3, 0.4) is 0 Å². The molecule has 0 amide bonds. The first-order valence-corrected chi connectivity index (χ1v) is 7.41. The van der Waals surface area contributed by atoms with Crippen molar-refractivity contribution in [1.29, 1.82) is 0 Å². The topological polar surface area (TPSA) is 18.5 Å². The predicted octanol–water partition coefficient (Wildman–Crippen LogP) is 1.54. The molecule has 0 aromatic carbocycles. The van der Waals surface area contributed by atoms with Gasteiger partial charge in [-0.3, -0.25) is 4.90 Å². The van der Waals surface area contributed by atoms with Crippen LogP contribution in [-0.4, -0.2) is 61.7 Å². The van der Waals surface area contributed by atoms with E-state index in [0.717, 1.165) is 12.1 Å². The van der Waals surface area contributed by atoms with E-state index in [9.17, 15) is 0 Å². The van der Waals surface area contributed by atoms with Crippen LogP contribution in [0.15, 0.2) is 0 Å². The first-order valence-electron chi connectivity index (χ1n) is 7.41. The summed E-state index contributed by atoms with van der Waals surface area (Å²) in [5, 5.41) is 3.68. The van der Waals surface area contributed by atoms with Crippen LogP contribution in [-0.2, 0) is 0 Å². The van der Waals surface area contributed by atoms with Gasteiger partial charge in [0.15, 0.2) is 0 Å². The summed E-state index contributed by atoms with van der Waals surface area (Å²) in [5.41, 5.74) is 0. The molecule has 2 saturated heterocycles. The Labute approximate surface area is 107 Å². The van der Waals surface area contributed by atoms with Gasteiger partial charge >= 0.3 is 0 Å². The molecule has 0 radical (unpaired) electrons. The zero-order valence-electron chi connectivity index (χ0n) is 11.6. The van der Waals surface area contributed by atoms with Gasteiger partial charge in [0.25, 0.3) is 0 Å². The number of piperidine rings is 1. The van der Waals surface area contributed by atoms with E-state index in [1.165, 1.54) is 64.8 Å². The molecule has 1 N–H and O–H groups in total. The van der Waals surface area contributed by atoms with Crippen LogP contribution in [0, 0.1) is 0 Å².